The molecule has 8 heteroatoms. The van der Waals surface area contributed by atoms with Crippen LogP contribution in [0.5, 0.6) is 0 Å². The van der Waals surface area contributed by atoms with Crippen LogP contribution in [0, 0.1) is 5.92 Å². The lowest BCUT2D eigenvalue weighted by atomic mass is 9.78. The lowest BCUT2D eigenvalue weighted by molar-refractivity contribution is -0.143. The lowest BCUT2D eigenvalue weighted by Crippen LogP contribution is -2.51. The fourth-order valence-electron chi connectivity index (χ4n) is 4.67. The third kappa shape index (κ3) is 4.22. The van der Waals surface area contributed by atoms with Gasteiger partial charge in [0.05, 0.1) is 30.6 Å². The van der Waals surface area contributed by atoms with E-state index in [-0.39, 0.29) is 17.4 Å². The molecule has 28 heavy (non-hydrogen) atoms. The number of piperidine rings is 1. The van der Waals surface area contributed by atoms with Crippen molar-refractivity contribution >= 4 is 11.8 Å². The second-order valence-electron chi connectivity index (χ2n) is 8.28. The van der Waals surface area contributed by atoms with E-state index in [2.05, 4.69) is 5.10 Å². The summed E-state index contributed by atoms with van der Waals surface area (Å²) >= 11 is 0. The minimum Gasteiger partial charge on any atom is -0.378 e. The fraction of sp³-hybridized carbons (Fsp3) is 0.750. The molecule has 3 saturated heterocycles. The first-order chi connectivity index (χ1) is 13.5. The number of carbonyl (C=O) groups is 2. The van der Waals surface area contributed by atoms with Gasteiger partial charge in [-0.3, -0.25) is 14.3 Å². The minimum atomic E-state index is -0.181. The van der Waals surface area contributed by atoms with E-state index in [1.54, 1.807) is 17.1 Å². The summed E-state index contributed by atoms with van der Waals surface area (Å²) in [6, 6.07) is 0. The van der Waals surface area contributed by atoms with Crippen molar-refractivity contribution in [1.29, 1.82) is 0 Å². The van der Waals surface area contributed by atoms with Gasteiger partial charge in [0.25, 0.3) is 5.91 Å². The Labute approximate surface area is 165 Å². The average molecular weight is 390 g/mol. The second-order valence-corrected chi connectivity index (χ2v) is 8.28. The summed E-state index contributed by atoms with van der Waals surface area (Å²) in [6.45, 7) is 4.79. The number of hydrogen-bond acceptors (Lipinski definition) is 5. The molecule has 4 rings (SSSR count). The summed E-state index contributed by atoms with van der Waals surface area (Å²) in [4.78, 5) is 29.1. The smallest absolute Gasteiger partial charge is 0.257 e. The van der Waals surface area contributed by atoms with Gasteiger partial charge in [-0.2, -0.15) is 5.10 Å². The first kappa shape index (κ1) is 19.4. The molecule has 1 unspecified atom stereocenters. The number of aryl methyl sites for hydroxylation is 1. The third-order valence-electron chi connectivity index (χ3n) is 6.34. The normalized spacial score (nSPS) is 25.1. The number of rotatable bonds is 3. The van der Waals surface area contributed by atoms with Gasteiger partial charge in [-0.05, 0) is 31.6 Å². The predicted octanol–water partition coefficient (Wildman–Crippen LogP) is 1.07. The Hall–Kier alpha value is -1.93. The van der Waals surface area contributed by atoms with E-state index in [0.29, 0.717) is 63.9 Å². The van der Waals surface area contributed by atoms with Crippen LogP contribution in [0.25, 0.3) is 0 Å². The Morgan fingerprint density at radius 1 is 1.14 bits per heavy atom. The van der Waals surface area contributed by atoms with E-state index in [1.807, 2.05) is 16.8 Å². The minimum absolute atomic E-state index is 0.0396. The van der Waals surface area contributed by atoms with Gasteiger partial charge in [-0.15, -0.1) is 0 Å². The van der Waals surface area contributed by atoms with Crippen molar-refractivity contribution in [3.63, 3.8) is 0 Å². The van der Waals surface area contributed by atoms with Gasteiger partial charge >= 0.3 is 0 Å². The van der Waals surface area contributed by atoms with Gasteiger partial charge in [-0.1, -0.05) is 0 Å². The zero-order valence-electron chi connectivity index (χ0n) is 16.6. The van der Waals surface area contributed by atoms with Crippen molar-refractivity contribution in [2.24, 2.45) is 13.0 Å². The average Bonchev–Trinajstić information content (AvgIpc) is 3.15. The standard InChI is InChI=1S/C20H30N4O4/c1-22-15-17(14-21-22)19(26)24-5-3-20(4-6-24)13-16(2-9-28-20)12-18(25)23-7-10-27-11-8-23/h14-16H,2-13H2,1H3. The molecular formula is C20H30N4O4. The van der Waals surface area contributed by atoms with Crippen molar-refractivity contribution in [2.75, 3.05) is 46.0 Å². The number of morpholine rings is 1. The van der Waals surface area contributed by atoms with Crippen LogP contribution in [0.15, 0.2) is 12.4 Å². The van der Waals surface area contributed by atoms with E-state index in [1.165, 1.54) is 0 Å². The molecule has 1 spiro atoms. The molecule has 1 atom stereocenters. The Bertz CT molecular complexity index is 705. The monoisotopic (exact) mass is 390 g/mol. The molecule has 0 bridgehead atoms. The molecule has 3 aliphatic heterocycles. The largest absolute Gasteiger partial charge is 0.378 e. The number of carbonyl (C=O) groups excluding carboxylic acids is 2. The molecule has 1 aromatic heterocycles. The topological polar surface area (TPSA) is 76.9 Å². The summed E-state index contributed by atoms with van der Waals surface area (Å²) in [5.41, 5.74) is 0.455. The van der Waals surface area contributed by atoms with E-state index < -0.39 is 0 Å². The molecule has 4 heterocycles. The summed E-state index contributed by atoms with van der Waals surface area (Å²) in [5, 5.41) is 4.09. The number of aromatic nitrogens is 2. The summed E-state index contributed by atoms with van der Waals surface area (Å²) < 4.78 is 13.2. The number of amides is 2. The van der Waals surface area contributed by atoms with Crippen LogP contribution in [0.2, 0.25) is 0 Å². The van der Waals surface area contributed by atoms with E-state index in [4.69, 9.17) is 9.47 Å². The van der Waals surface area contributed by atoms with Gasteiger partial charge in [-0.25, -0.2) is 0 Å². The fourth-order valence-corrected chi connectivity index (χ4v) is 4.67. The van der Waals surface area contributed by atoms with Crippen LogP contribution in [-0.2, 0) is 21.3 Å². The molecule has 3 fully saturated rings. The molecular weight excluding hydrogens is 360 g/mol. The lowest BCUT2D eigenvalue weighted by Gasteiger charge is -2.46. The maximum atomic E-state index is 12.6. The second kappa shape index (κ2) is 8.21. The quantitative estimate of drug-likeness (QED) is 0.772. The SMILES string of the molecule is Cn1cc(C(=O)N2CCC3(CC2)CC(CC(=O)N2CCOCC2)CCO3)cn1. The molecule has 0 saturated carbocycles. The van der Waals surface area contributed by atoms with Gasteiger partial charge < -0.3 is 19.3 Å². The third-order valence-corrected chi connectivity index (χ3v) is 6.34. The number of ether oxygens (including phenoxy) is 2. The molecule has 0 radical (unpaired) electrons. The number of nitrogens with zero attached hydrogens (tertiary/aromatic N) is 4. The maximum Gasteiger partial charge on any atom is 0.257 e. The first-order valence-electron chi connectivity index (χ1n) is 10.3. The molecule has 3 aliphatic rings. The Kier molecular flexibility index (Phi) is 5.68. The molecule has 1 aromatic rings. The first-order valence-corrected chi connectivity index (χ1v) is 10.3. The van der Waals surface area contributed by atoms with Crippen LogP contribution >= 0.6 is 0 Å². The summed E-state index contributed by atoms with van der Waals surface area (Å²) in [5.74, 6) is 0.650. The summed E-state index contributed by atoms with van der Waals surface area (Å²) in [6.07, 6.45) is 7.51. The number of likely N-dealkylation sites (tertiary alicyclic amines) is 1. The van der Waals surface area contributed by atoms with Crippen LogP contribution < -0.4 is 0 Å². The molecule has 8 nitrogen and oxygen atoms in total. The van der Waals surface area contributed by atoms with Crippen LogP contribution in [0.1, 0.15) is 42.5 Å². The Morgan fingerprint density at radius 3 is 2.57 bits per heavy atom. The zero-order valence-corrected chi connectivity index (χ0v) is 16.6. The van der Waals surface area contributed by atoms with Crippen molar-refractivity contribution in [3.05, 3.63) is 18.0 Å². The molecule has 0 N–H and O–H groups in total. The summed E-state index contributed by atoms with van der Waals surface area (Å²) in [7, 11) is 1.82. The maximum absolute atomic E-state index is 12.6. The van der Waals surface area contributed by atoms with E-state index in [9.17, 15) is 9.59 Å². The van der Waals surface area contributed by atoms with Crippen LogP contribution in [0.3, 0.4) is 0 Å². The van der Waals surface area contributed by atoms with Gasteiger partial charge in [0.1, 0.15) is 0 Å². The van der Waals surface area contributed by atoms with Gasteiger partial charge in [0, 0.05) is 52.5 Å². The highest BCUT2D eigenvalue weighted by molar-refractivity contribution is 5.93. The number of hydrogen-bond donors (Lipinski definition) is 0. The van der Waals surface area contributed by atoms with Crippen LogP contribution in [-0.4, -0.2) is 83.0 Å². The molecule has 0 aliphatic carbocycles. The van der Waals surface area contributed by atoms with Gasteiger partial charge in [0.15, 0.2) is 0 Å². The van der Waals surface area contributed by atoms with E-state index >= 15 is 0 Å². The molecule has 0 aromatic carbocycles. The zero-order chi connectivity index (χ0) is 19.6. The van der Waals surface area contributed by atoms with E-state index in [0.717, 1.165) is 25.7 Å². The van der Waals surface area contributed by atoms with Crippen LogP contribution in [0.4, 0.5) is 0 Å². The highest BCUT2D eigenvalue weighted by Crippen LogP contribution is 2.39. The Balaban J connectivity index is 1.30. The van der Waals surface area contributed by atoms with Crippen molar-refractivity contribution in [3.8, 4) is 0 Å². The highest BCUT2D eigenvalue weighted by atomic mass is 16.5. The van der Waals surface area contributed by atoms with Crippen molar-refractivity contribution in [1.82, 2.24) is 19.6 Å². The predicted molar refractivity (Wildman–Crippen MR) is 102 cm³/mol. The van der Waals surface area contributed by atoms with Gasteiger partial charge in [0.2, 0.25) is 5.91 Å². The Morgan fingerprint density at radius 2 is 1.89 bits per heavy atom. The van der Waals surface area contributed by atoms with Crippen molar-refractivity contribution in [2.45, 2.75) is 37.7 Å². The molecule has 154 valence electrons. The molecule has 2 amide bonds. The van der Waals surface area contributed by atoms with Crippen molar-refractivity contribution < 1.29 is 19.1 Å². The highest BCUT2D eigenvalue weighted by Gasteiger charge is 2.42.